The number of amides is 1. The van der Waals surface area contributed by atoms with Crippen LogP contribution in [-0.4, -0.2) is 114 Å². The van der Waals surface area contributed by atoms with E-state index in [1.54, 1.807) is 22.9 Å². The fourth-order valence-corrected chi connectivity index (χ4v) is 8.26. The van der Waals surface area contributed by atoms with E-state index in [0.29, 0.717) is 31.5 Å². The molecular formula is C41H54FN5O5S. The van der Waals surface area contributed by atoms with E-state index in [1.807, 2.05) is 52.1 Å². The topological polar surface area (TPSA) is 90.7 Å². The number of hydrogen-bond acceptors (Lipinski definition) is 9. The lowest BCUT2D eigenvalue weighted by atomic mass is 9.91. The quantitative estimate of drug-likeness (QED) is 0.171. The van der Waals surface area contributed by atoms with Crippen LogP contribution >= 0.6 is 11.9 Å². The maximum atomic E-state index is 15.1. The fraction of sp³-hybridized carbons (Fsp3) is 0.512. The first kappa shape index (κ1) is 38.9. The maximum Gasteiger partial charge on any atom is 0.410 e. The van der Waals surface area contributed by atoms with Gasteiger partial charge in [-0.2, -0.15) is 0 Å². The van der Waals surface area contributed by atoms with Gasteiger partial charge in [0.05, 0.1) is 12.5 Å². The summed E-state index contributed by atoms with van der Waals surface area (Å²) >= 11 is 1.76. The molecule has 0 radical (unpaired) electrons. The van der Waals surface area contributed by atoms with Crippen LogP contribution in [-0.2, 0) is 21.3 Å². The molecule has 5 atom stereocenters. The van der Waals surface area contributed by atoms with Crippen LogP contribution in [0, 0.1) is 17.7 Å². The number of ether oxygens (including phenoxy) is 2. The van der Waals surface area contributed by atoms with Crippen LogP contribution in [0.5, 0.6) is 0 Å². The minimum atomic E-state index is -0.875. The Labute approximate surface area is 317 Å². The number of esters is 1. The zero-order chi connectivity index (χ0) is 37.6. The Morgan fingerprint density at radius 3 is 2.47 bits per heavy atom. The molecule has 0 aliphatic carbocycles. The second-order valence-corrected chi connectivity index (χ2v) is 16.2. The summed E-state index contributed by atoms with van der Waals surface area (Å²) in [6, 6.07) is 13.7. The SMILES string of the molecule is C/C(=C\c1cc(F)cc(N2CCN(Sc3ccc4ccn(C)c4c3)CC2)c1)[C@H]1OC(=O)C[C@H](O)CC[C@H](C)[C@@H](OC(=O)N2CCN(C)CC2)/C=C/[C@@H]1C. The number of aliphatic hydroxyl groups is 1. The Kier molecular flexibility index (Phi) is 12.9. The fourth-order valence-electron chi connectivity index (χ4n) is 7.32. The van der Waals surface area contributed by atoms with E-state index >= 15 is 4.39 Å². The lowest BCUT2D eigenvalue weighted by Crippen LogP contribution is -2.48. The van der Waals surface area contributed by atoms with E-state index in [2.05, 4.69) is 56.2 Å². The highest BCUT2D eigenvalue weighted by molar-refractivity contribution is 7.97. The number of aliphatic hydroxyl groups excluding tert-OH is 1. The third-order valence-corrected chi connectivity index (χ3v) is 11.8. The smallest absolute Gasteiger partial charge is 0.410 e. The molecule has 2 aromatic carbocycles. The number of cyclic esters (lactones) is 1. The molecule has 0 bridgehead atoms. The highest BCUT2D eigenvalue weighted by atomic mass is 32.2. The highest BCUT2D eigenvalue weighted by Gasteiger charge is 2.29. The van der Waals surface area contributed by atoms with Gasteiger partial charge < -0.3 is 33.8 Å². The molecule has 6 rings (SSSR count). The number of halogens is 1. The molecule has 3 aromatic rings. The number of carbonyl (C=O) groups is 2. The molecule has 4 heterocycles. The van der Waals surface area contributed by atoms with Gasteiger partial charge in [0.25, 0.3) is 0 Å². The zero-order valence-corrected chi connectivity index (χ0v) is 32.4. The van der Waals surface area contributed by atoms with E-state index in [9.17, 15) is 14.7 Å². The Hall–Kier alpha value is -3.84. The molecule has 2 saturated heterocycles. The summed E-state index contributed by atoms with van der Waals surface area (Å²) in [6.07, 6.45) is 6.22. The minimum Gasteiger partial charge on any atom is -0.457 e. The van der Waals surface area contributed by atoms with Gasteiger partial charge in [-0.15, -0.1) is 0 Å². The molecule has 3 aliphatic rings. The number of carbonyl (C=O) groups excluding carboxylic acids is 2. The van der Waals surface area contributed by atoms with Crippen molar-refractivity contribution in [2.24, 2.45) is 18.9 Å². The number of aromatic nitrogens is 1. The summed E-state index contributed by atoms with van der Waals surface area (Å²) in [5.41, 5.74) is 3.44. The number of rotatable bonds is 6. The first-order chi connectivity index (χ1) is 25.4. The van der Waals surface area contributed by atoms with E-state index in [1.165, 1.54) is 21.9 Å². The number of anilines is 1. The summed E-state index contributed by atoms with van der Waals surface area (Å²) in [6.45, 7) is 11.8. The first-order valence-electron chi connectivity index (χ1n) is 18.8. The van der Waals surface area contributed by atoms with Crippen LogP contribution in [0.3, 0.4) is 0 Å². The number of nitrogens with zero attached hydrogens (tertiary/aromatic N) is 5. The van der Waals surface area contributed by atoms with Crippen molar-refractivity contribution < 1.29 is 28.6 Å². The van der Waals surface area contributed by atoms with Crippen molar-refractivity contribution in [3.8, 4) is 0 Å². The minimum absolute atomic E-state index is 0.0697. The van der Waals surface area contributed by atoms with Gasteiger partial charge in [0.15, 0.2) is 0 Å². The largest absolute Gasteiger partial charge is 0.457 e. The Bertz CT molecular complexity index is 1800. The second kappa shape index (κ2) is 17.5. The number of hydrogen-bond donors (Lipinski definition) is 1. The van der Waals surface area contributed by atoms with E-state index in [0.717, 1.165) is 50.5 Å². The molecule has 0 saturated carbocycles. The molecule has 12 heteroatoms. The van der Waals surface area contributed by atoms with Gasteiger partial charge >= 0.3 is 12.1 Å². The van der Waals surface area contributed by atoms with Gasteiger partial charge in [0.1, 0.15) is 18.0 Å². The van der Waals surface area contributed by atoms with Crippen LogP contribution < -0.4 is 4.90 Å². The molecular weight excluding hydrogens is 694 g/mol. The average molecular weight is 748 g/mol. The van der Waals surface area contributed by atoms with Crippen molar-refractivity contribution in [1.29, 1.82) is 0 Å². The van der Waals surface area contributed by atoms with Gasteiger partial charge in [0, 0.05) is 87.6 Å². The van der Waals surface area contributed by atoms with Crippen LogP contribution in [0.15, 0.2) is 71.3 Å². The third-order valence-electron chi connectivity index (χ3n) is 10.7. The van der Waals surface area contributed by atoms with Crippen LogP contribution in [0.2, 0.25) is 0 Å². The molecule has 3 aliphatic heterocycles. The van der Waals surface area contributed by atoms with Crippen molar-refractivity contribution in [1.82, 2.24) is 18.7 Å². The predicted molar refractivity (Wildman–Crippen MR) is 209 cm³/mol. The summed E-state index contributed by atoms with van der Waals surface area (Å²) < 4.78 is 31.7. The third kappa shape index (κ3) is 10.2. The second-order valence-electron chi connectivity index (χ2n) is 15.0. The van der Waals surface area contributed by atoms with Crippen LogP contribution in [0.4, 0.5) is 14.9 Å². The Balaban J connectivity index is 1.14. The predicted octanol–water partition coefficient (Wildman–Crippen LogP) is 6.59. The van der Waals surface area contributed by atoms with Gasteiger partial charge in [-0.1, -0.05) is 32.1 Å². The normalized spacial score (nSPS) is 26.5. The molecule has 53 heavy (non-hydrogen) atoms. The number of aryl methyl sites for hydroxylation is 1. The summed E-state index contributed by atoms with van der Waals surface area (Å²) in [4.78, 5) is 33.5. The maximum absolute atomic E-state index is 15.1. The summed E-state index contributed by atoms with van der Waals surface area (Å²) in [5, 5.41) is 11.9. The first-order valence-corrected chi connectivity index (χ1v) is 19.6. The molecule has 286 valence electrons. The van der Waals surface area contributed by atoms with E-state index < -0.39 is 24.3 Å². The van der Waals surface area contributed by atoms with Crippen molar-refractivity contribution in [3.05, 3.63) is 77.8 Å². The van der Waals surface area contributed by atoms with Crippen LogP contribution in [0.1, 0.15) is 45.6 Å². The Morgan fingerprint density at radius 1 is 0.962 bits per heavy atom. The monoisotopic (exact) mass is 747 g/mol. The zero-order valence-electron chi connectivity index (χ0n) is 31.6. The lowest BCUT2D eigenvalue weighted by molar-refractivity contribution is -0.151. The molecule has 0 unspecified atom stereocenters. The highest BCUT2D eigenvalue weighted by Crippen LogP contribution is 2.31. The molecule has 1 amide bonds. The standard InChI is InChI=1S/C41H54FN5O5S/c1-28-6-9-35(48)26-39(49)52-40(29(2)7-11-38(28)51-41(50)46-16-14-43(4)15-17-46)30(3)22-31-23-33(42)25-34(24-31)45-18-20-47(21-19-45)53-36-10-8-32-12-13-44(5)37(32)27-36/h7-8,10-13,22-25,27-29,35,38,40,48H,6,9,14-21,26H2,1-5H3/b11-7+,30-22+/t28-,29-,35+,38-,40-/m0/s1. The molecule has 0 spiro atoms. The molecule has 2 fully saturated rings. The number of fused-ring (bicyclic) bond motifs is 1. The van der Waals surface area contributed by atoms with E-state index in [-0.39, 0.29) is 30.2 Å². The van der Waals surface area contributed by atoms with Gasteiger partial charge in [0.2, 0.25) is 0 Å². The summed E-state index contributed by atoms with van der Waals surface area (Å²) in [5.74, 6) is -1.18. The van der Waals surface area contributed by atoms with Gasteiger partial charge in [-0.05, 0) is 104 Å². The van der Waals surface area contributed by atoms with Crippen molar-refractivity contribution in [2.75, 3.05) is 64.3 Å². The van der Waals surface area contributed by atoms with E-state index in [4.69, 9.17) is 9.47 Å². The van der Waals surface area contributed by atoms with Crippen molar-refractivity contribution >= 4 is 46.7 Å². The van der Waals surface area contributed by atoms with Gasteiger partial charge in [-0.3, -0.25) is 4.79 Å². The van der Waals surface area contributed by atoms with Gasteiger partial charge in [-0.25, -0.2) is 13.5 Å². The van der Waals surface area contributed by atoms with Crippen LogP contribution in [0.25, 0.3) is 17.0 Å². The van der Waals surface area contributed by atoms with Crippen molar-refractivity contribution in [2.45, 2.75) is 63.2 Å². The van der Waals surface area contributed by atoms with Crippen molar-refractivity contribution in [3.63, 3.8) is 0 Å². The number of likely N-dealkylation sites (N-methyl/N-ethyl adjacent to an activating group) is 1. The molecule has 1 aromatic heterocycles. The average Bonchev–Trinajstić information content (AvgIpc) is 3.50. The summed E-state index contributed by atoms with van der Waals surface area (Å²) in [7, 11) is 4.10. The lowest BCUT2D eigenvalue weighted by Gasteiger charge is -2.35. The number of piperazine rings is 2. The Morgan fingerprint density at radius 2 is 1.72 bits per heavy atom. The molecule has 10 nitrogen and oxygen atoms in total. The number of benzene rings is 2. The molecule has 1 N–H and O–H groups in total.